The molecule has 1 saturated carbocycles. The summed E-state index contributed by atoms with van der Waals surface area (Å²) in [6, 6.07) is -1.49. The van der Waals surface area contributed by atoms with Gasteiger partial charge in [-0.25, -0.2) is 5.43 Å². The highest BCUT2D eigenvalue weighted by molar-refractivity contribution is 4.89. The molecule has 0 amide bonds. The summed E-state index contributed by atoms with van der Waals surface area (Å²) < 4.78 is 35.6. The second-order valence-electron chi connectivity index (χ2n) is 2.52. The predicted octanol–water partition coefficient (Wildman–Crippen LogP) is 0.791. The van der Waals surface area contributed by atoms with E-state index in [1.807, 2.05) is 0 Å². The molecule has 1 unspecified atom stereocenters. The van der Waals surface area contributed by atoms with E-state index in [9.17, 15) is 13.2 Å². The average Bonchev–Trinajstić information content (AvgIpc) is 2.46. The number of hydrogen-bond donors (Lipinski definition) is 2. The molecule has 0 aromatic carbocycles. The topological polar surface area (TPSA) is 38.0 Å². The van der Waals surface area contributed by atoms with Gasteiger partial charge in [-0.05, 0) is 18.8 Å². The molecule has 1 atom stereocenters. The molecule has 1 fully saturated rings. The summed E-state index contributed by atoms with van der Waals surface area (Å²) in [4.78, 5) is 0. The third kappa shape index (κ3) is 1.60. The Bertz CT molecular complexity index is 119. The van der Waals surface area contributed by atoms with E-state index in [1.54, 1.807) is 5.43 Å². The molecule has 1 rings (SSSR count). The molecule has 3 N–H and O–H groups in total. The van der Waals surface area contributed by atoms with Crippen LogP contribution in [0.2, 0.25) is 0 Å². The highest BCUT2D eigenvalue weighted by Gasteiger charge is 2.48. The summed E-state index contributed by atoms with van der Waals surface area (Å²) in [5, 5.41) is 0. The minimum atomic E-state index is -4.18. The summed E-state index contributed by atoms with van der Waals surface area (Å²) >= 11 is 0. The molecule has 0 saturated heterocycles. The summed E-state index contributed by atoms with van der Waals surface area (Å²) in [6.45, 7) is 0. The van der Waals surface area contributed by atoms with Gasteiger partial charge in [0, 0.05) is 0 Å². The van der Waals surface area contributed by atoms with Crippen LogP contribution in [0.4, 0.5) is 13.2 Å². The standard InChI is InChI=1S/C5H9F3N2/c6-5(7,8)4(10-9)3-1-2-3/h3-4,10H,1-2,9H2. The Balaban J connectivity index is 2.46. The van der Waals surface area contributed by atoms with Crippen LogP contribution < -0.4 is 11.3 Å². The van der Waals surface area contributed by atoms with Gasteiger partial charge in [-0.1, -0.05) is 0 Å². The van der Waals surface area contributed by atoms with Crippen LogP contribution in [-0.2, 0) is 0 Å². The normalized spacial score (nSPS) is 22.8. The Morgan fingerprint density at radius 2 is 1.90 bits per heavy atom. The van der Waals surface area contributed by atoms with Crippen molar-refractivity contribution in [2.45, 2.75) is 25.1 Å². The van der Waals surface area contributed by atoms with E-state index < -0.39 is 12.2 Å². The zero-order valence-corrected chi connectivity index (χ0v) is 5.28. The first kappa shape index (κ1) is 7.81. The quantitative estimate of drug-likeness (QED) is 0.456. The fourth-order valence-electron chi connectivity index (χ4n) is 0.927. The van der Waals surface area contributed by atoms with Crippen LogP contribution >= 0.6 is 0 Å². The molecule has 0 bridgehead atoms. The van der Waals surface area contributed by atoms with Crippen LogP contribution in [0.1, 0.15) is 12.8 Å². The molecule has 0 spiro atoms. The van der Waals surface area contributed by atoms with Crippen LogP contribution in [0.3, 0.4) is 0 Å². The predicted molar refractivity (Wildman–Crippen MR) is 29.9 cm³/mol. The van der Waals surface area contributed by atoms with Crippen molar-refractivity contribution < 1.29 is 13.2 Å². The Labute approximate surface area is 56.5 Å². The second-order valence-corrected chi connectivity index (χ2v) is 2.52. The number of nitrogens with two attached hydrogens (primary N) is 1. The van der Waals surface area contributed by atoms with E-state index >= 15 is 0 Å². The molecule has 0 aromatic heterocycles. The van der Waals surface area contributed by atoms with E-state index in [0.29, 0.717) is 12.8 Å². The van der Waals surface area contributed by atoms with Crippen molar-refractivity contribution in [1.29, 1.82) is 0 Å². The van der Waals surface area contributed by atoms with Gasteiger partial charge in [-0.15, -0.1) is 0 Å². The van der Waals surface area contributed by atoms with Crippen LogP contribution in [0.15, 0.2) is 0 Å². The molecule has 60 valence electrons. The number of hydrogen-bond acceptors (Lipinski definition) is 2. The van der Waals surface area contributed by atoms with E-state index in [2.05, 4.69) is 0 Å². The fourth-order valence-corrected chi connectivity index (χ4v) is 0.927. The Morgan fingerprint density at radius 3 is 2.00 bits per heavy atom. The van der Waals surface area contributed by atoms with Gasteiger partial charge < -0.3 is 0 Å². The van der Waals surface area contributed by atoms with Crippen LogP contribution in [-0.4, -0.2) is 12.2 Å². The van der Waals surface area contributed by atoms with Gasteiger partial charge in [0.05, 0.1) is 0 Å². The minimum Gasteiger partial charge on any atom is -0.271 e. The van der Waals surface area contributed by atoms with Crippen molar-refractivity contribution in [3.63, 3.8) is 0 Å². The second kappa shape index (κ2) is 2.39. The van der Waals surface area contributed by atoms with E-state index in [0.717, 1.165) is 0 Å². The zero-order valence-electron chi connectivity index (χ0n) is 5.28. The molecule has 0 heterocycles. The lowest BCUT2D eigenvalue weighted by Crippen LogP contribution is -2.47. The fraction of sp³-hybridized carbons (Fsp3) is 1.00. The number of alkyl halides is 3. The lowest BCUT2D eigenvalue weighted by molar-refractivity contribution is -0.160. The first-order chi connectivity index (χ1) is 4.55. The van der Waals surface area contributed by atoms with Gasteiger partial charge >= 0.3 is 6.18 Å². The number of rotatable bonds is 2. The molecule has 1 aliphatic rings. The van der Waals surface area contributed by atoms with Gasteiger partial charge in [0.15, 0.2) is 0 Å². The number of hydrazine groups is 1. The highest BCUT2D eigenvalue weighted by atomic mass is 19.4. The first-order valence-corrected chi connectivity index (χ1v) is 3.08. The third-order valence-electron chi connectivity index (χ3n) is 1.63. The average molecular weight is 154 g/mol. The van der Waals surface area contributed by atoms with Crippen LogP contribution in [0.5, 0.6) is 0 Å². The van der Waals surface area contributed by atoms with Crippen molar-refractivity contribution in [3.8, 4) is 0 Å². The third-order valence-corrected chi connectivity index (χ3v) is 1.63. The van der Waals surface area contributed by atoms with Crippen molar-refractivity contribution in [2.24, 2.45) is 11.8 Å². The summed E-state index contributed by atoms with van der Waals surface area (Å²) in [5.74, 6) is 4.44. The van der Waals surface area contributed by atoms with Crippen LogP contribution in [0.25, 0.3) is 0 Å². The molecule has 5 heteroatoms. The van der Waals surface area contributed by atoms with Crippen LogP contribution in [0, 0.1) is 5.92 Å². The Hall–Kier alpha value is -0.290. The monoisotopic (exact) mass is 154 g/mol. The minimum absolute atomic E-state index is 0.287. The van der Waals surface area contributed by atoms with Gasteiger partial charge in [0.1, 0.15) is 6.04 Å². The van der Waals surface area contributed by atoms with E-state index in [-0.39, 0.29) is 5.92 Å². The lowest BCUT2D eigenvalue weighted by Gasteiger charge is -2.17. The first-order valence-electron chi connectivity index (χ1n) is 3.08. The maximum Gasteiger partial charge on any atom is 0.405 e. The zero-order chi connectivity index (χ0) is 7.78. The Kier molecular flexibility index (Phi) is 1.87. The molecular formula is C5H9F3N2. The summed E-state index contributed by atoms with van der Waals surface area (Å²) in [7, 11) is 0. The molecule has 0 radical (unpaired) electrons. The molecule has 0 aliphatic heterocycles. The number of halogens is 3. The van der Waals surface area contributed by atoms with Crippen molar-refractivity contribution in [2.75, 3.05) is 0 Å². The molecule has 2 nitrogen and oxygen atoms in total. The Morgan fingerprint density at radius 1 is 1.40 bits per heavy atom. The van der Waals surface area contributed by atoms with Crippen molar-refractivity contribution in [3.05, 3.63) is 0 Å². The van der Waals surface area contributed by atoms with Gasteiger partial charge in [0.25, 0.3) is 0 Å². The van der Waals surface area contributed by atoms with Gasteiger partial charge in [0.2, 0.25) is 0 Å². The molecular weight excluding hydrogens is 145 g/mol. The molecule has 10 heavy (non-hydrogen) atoms. The lowest BCUT2D eigenvalue weighted by atomic mass is 10.2. The SMILES string of the molecule is NNC(C1CC1)C(F)(F)F. The maximum atomic E-state index is 11.9. The van der Waals surface area contributed by atoms with E-state index in [4.69, 9.17) is 5.84 Å². The highest BCUT2D eigenvalue weighted by Crippen LogP contribution is 2.39. The molecule has 0 aromatic rings. The van der Waals surface area contributed by atoms with Crippen molar-refractivity contribution >= 4 is 0 Å². The summed E-state index contributed by atoms with van der Waals surface area (Å²) in [6.07, 6.45) is -2.92. The van der Waals surface area contributed by atoms with Gasteiger partial charge in [-0.2, -0.15) is 13.2 Å². The maximum absolute atomic E-state index is 11.9. The van der Waals surface area contributed by atoms with E-state index in [1.165, 1.54) is 0 Å². The smallest absolute Gasteiger partial charge is 0.271 e. The largest absolute Gasteiger partial charge is 0.405 e. The molecule has 1 aliphatic carbocycles. The van der Waals surface area contributed by atoms with Gasteiger partial charge in [-0.3, -0.25) is 5.84 Å². The summed E-state index contributed by atoms with van der Waals surface area (Å²) in [5.41, 5.74) is 1.78. The van der Waals surface area contributed by atoms with Crippen molar-refractivity contribution in [1.82, 2.24) is 5.43 Å². The number of nitrogens with one attached hydrogen (secondary N) is 1.